The van der Waals surface area contributed by atoms with Gasteiger partial charge in [-0.25, -0.2) is 0 Å². The highest BCUT2D eigenvalue weighted by Gasteiger charge is 2.01. The van der Waals surface area contributed by atoms with Crippen molar-refractivity contribution in [2.45, 2.75) is 13.3 Å². The number of hydrogen-bond acceptors (Lipinski definition) is 2. The quantitative estimate of drug-likeness (QED) is 0.862. The molecule has 1 N–H and O–H groups in total. The molecule has 0 radical (unpaired) electrons. The van der Waals surface area contributed by atoms with Crippen molar-refractivity contribution in [1.29, 1.82) is 0 Å². The molecule has 0 aliphatic heterocycles. The molecule has 0 amide bonds. The number of anilines is 1. The van der Waals surface area contributed by atoms with Crippen molar-refractivity contribution in [2.24, 2.45) is 0 Å². The molecule has 0 saturated carbocycles. The van der Waals surface area contributed by atoms with Gasteiger partial charge in [0.2, 0.25) is 0 Å². The summed E-state index contributed by atoms with van der Waals surface area (Å²) < 4.78 is 5.31. The maximum absolute atomic E-state index is 5.31. The molecule has 0 atom stereocenters. The standard InChI is InChI=1S/C16H19NO/c1-13-7-3-4-8-14(13)11-12-17-15-9-5-6-10-16(15)18-2/h3-10,17H,11-12H2,1-2H3. The summed E-state index contributed by atoms with van der Waals surface area (Å²) in [7, 11) is 1.70. The van der Waals surface area contributed by atoms with Crippen LogP contribution >= 0.6 is 0 Å². The number of hydrogen-bond donors (Lipinski definition) is 1. The Bertz CT molecular complexity index is 508. The molecule has 2 aromatic carbocycles. The molecule has 0 bridgehead atoms. The van der Waals surface area contributed by atoms with E-state index >= 15 is 0 Å². The second kappa shape index (κ2) is 6.10. The molecule has 2 aromatic rings. The first kappa shape index (κ1) is 12.5. The van der Waals surface area contributed by atoms with Crippen molar-refractivity contribution >= 4 is 5.69 Å². The van der Waals surface area contributed by atoms with Gasteiger partial charge < -0.3 is 10.1 Å². The number of benzene rings is 2. The predicted molar refractivity (Wildman–Crippen MR) is 76.4 cm³/mol. The Kier molecular flexibility index (Phi) is 4.24. The van der Waals surface area contributed by atoms with E-state index in [1.165, 1.54) is 11.1 Å². The van der Waals surface area contributed by atoms with Crippen LogP contribution in [0.5, 0.6) is 5.75 Å². The summed E-state index contributed by atoms with van der Waals surface area (Å²) in [5.41, 5.74) is 3.79. The predicted octanol–water partition coefficient (Wildman–Crippen LogP) is 3.66. The zero-order valence-corrected chi connectivity index (χ0v) is 10.9. The summed E-state index contributed by atoms with van der Waals surface area (Å²) in [5.74, 6) is 0.891. The summed E-state index contributed by atoms with van der Waals surface area (Å²) in [6.45, 7) is 3.06. The van der Waals surface area contributed by atoms with Gasteiger partial charge in [-0.1, -0.05) is 36.4 Å². The van der Waals surface area contributed by atoms with Crippen LogP contribution in [-0.4, -0.2) is 13.7 Å². The highest BCUT2D eigenvalue weighted by molar-refractivity contribution is 5.56. The Balaban J connectivity index is 1.95. The van der Waals surface area contributed by atoms with E-state index in [1.807, 2.05) is 24.3 Å². The molecule has 0 heterocycles. The van der Waals surface area contributed by atoms with Crippen molar-refractivity contribution < 1.29 is 4.74 Å². The minimum atomic E-state index is 0.891. The Morgan fingerprint density at radius 3 is 2.50 bits per heavy atom. The number of para-hydroxylation sites is 2. The Labute approximate surface area is 109 Å². The fourth-order valence-electron chi connectivity index (χ4n) is 2.01. The fraction of sp³-hybridized carbons (Fsp3) is 0.250. The topological polar surface area (TPSA) is 21.3 Å². The summed E-state index contributed by atoms with van der Waals surface area (Å²) in [4.78, 5) is 0. The first-order chi connectivity index (χ1) is 8.81. The van der Waals surface area contributed by atoms with Crippen LogP contribution in [0.3, 0.4) is 0 Å². The third-order valence-electron chi connectivity index (χ3n) is 3.08. The molecule has 2 heteroatoms. The van der Waals surface area contributed by atoms with Gasteiger partial charge in [0.05, 0.1) is 12.8 Å². The lowest BCUT2D eigenvalue weighted by Gasteiger charge is -2.11. The van der Waals surface area contributed by atoms with E-state index in [9.17, 15) is 0 Å². The van der Waals surface area contributed by atoms with Crippen molar-refractivity contribution in [3.8, 4) is 5.75 Å². The van der Waals surface area contributed by atoms with Crippen LogP contribution in [0.4, 0.5) is 5.69 Å². The Morgan fingerprint density at radius 1 is 1.00 bits per heavy atom. The van der Waals surface area contributed by atoms with E-state index in [1.54, 1.807) is 7.11 Å². The van der Waals surface area contributed by atoms with Gasteiger partial charge in [0.1, 0.15) is 5.75 Å². The first-order valence-electron chi connectivity index (χ1n) is 6.22. The van der Waals surface area contributed by atoms with E-state index < -0.39 is 0 Å². The maximum Gasteiger partial charge on any atom is 0.141 e. The molecule has 0 aromatic heterocycles. The van der Waals surface area contributed by atoms with Crippen LogP contribution in [-0.2, 0) is 6.42 Å². The lowest BCUT2D eigenvalue weighted by atomic mass is 10.1. The summed E-state index contributed by atoms with van der Waals surface area (Å²) in [5, 5.41) is 3.41. The molecule has 0 aliphatic rings. The third kappa shape index (κ3) is 3.04. The van der Waals surface area contributed by atoms with Crippen LogP contribution in [0.2, 0.25) is 0 Å². The zero-order chi connectivity index (χ0) is 12.8. The lowest BCUT2D eigenvalue weighted by Crippen LogP contribution is -2.06. The van der Waals surface area contributed by atoms with Crippen LogP contribution in [0, 0.1) is 6.92 Å². The molecule has 0 aliphatic carbocycles. The highest BCUT2D eigenvalue weighted by Crippen LogP contribution is 2.22. The zero-order valence-electron chi connectivity index (χ0n) is 10.9. The molecule has 0 unspecified atom stereocenters. The van der Waals surface area contributed by atoms with E-state index in [-0.39, 0.29) is 0 Å². The second-order valence-electron chi connectivity index (χ2n) is 4.30. The van der Waals surface area contributed by atoms with E-state index in [0.717, 1.165) is 24.4 Å². The van der Waals surface area contributed by atoms with Gasteiger partial charge in [0.15, 0.2) is 0 Å². The normalized spacial score (nSPS) is 10.1. The highest BCUT2D eigenvalue weighted by atomic mass is 16.5. The van der Waals surface area contributed by atoms with Crippen molar-refractivity contribution in [1.82, 2.24) is 0 Å². The number of nitrogens with one attached hydrogen (secondary N) is 1. The number of aryl methyl sites for hydroxylation is 1. The largest absolute Gasteiger partial charge is 0.495 e. The van der Waals surface area contributed by atoms with Crippen LogP contribution in [0.15, 0.2) is 48.5 Å². The third-order valence-corrected chi connectivity index (χ3v) is 3.08. The minimum Gasteiger partial charge on any atom is -0.495 e. The van der Waals surface area contributed by atoms with Gasteiger partial charge in [0.25, 0.3) is 0 Å². The molecule has 0 fully saturated rings. The van der Waals surface area contributed by atoms with Gasteiger partial charge >= 0.3 is 0 Å². The average Bonchev–Trinajstić information content (AvgIpc) is 2.41. The summed E-state index contributed by atoms with van der Waals surface area (Å²) in [6.07, 6.45) is 1.02. The summed E-state index contributed by atoms with van der Waals surface area (Å²) in [6, 6.07) is 16.5. The molecule has 2 nitrogen and oxygen atoms in total. The number of rotatable bonds is 5. The average molecular weight is 241 g/mol. The van der Waals surface area contributed by atoms with Gasteiger partial charge in [0, 0.05) is 6.54 Å². The van der Waals surface area contributed by atoms with E-state index in [0.29, 0.717) is 0 Å². The Hall–Kier alpha value is -1.96. The first-order valence-corrected chi connectivity index (χ1v) is 6.22. The van der Waals surface area contributed by atoms with Gasteiger partial charge in [-0.05, 0) is 36.6 Å². The lowest BCUT2D eigenvalue weighted by molar-refractivity contribution is 0.416. The smallest absolute Gasteiger partial charge is 0.141 e. The van der Waals surface area contributed by atoms with Gasteiger partial charge in [-0.2, -0.15) is 0 Å². The van der Waals surface area contributed by atoms with E-state index in [4.69, 9.17) is 4.74 Å². The molecule has 18 heavy (non-hydrogen) atoms. The minimum absolute atomic E-state index is 0.891. The fourth-order valence-corrected chi connectivity index (χ4v) is 2.01. The van der Waals surface area contributed by atoms with Crippen LogP contribution in [0.1, 0.15) is 11.1 Å². The maximum atomic E-state index is 5.31. The monoisotopic (exact) mass is 241 g/mol. The van der Waals surface area contributed by atoms with Gasteiger partial charge in [-0.3, -0.25) is 0 Å². The molecular weight excluding hydrogens is 222 g/mol. The molecule has 2 rings (SSSR count). The SMILES string of the molecule is COc1ccccc1NCCc1ccccc1C. The molecule has 0 saturated heterocycles. The van der Waals surface area contributed by atoms with Gasteiger partial charge in [-0.15, -0.1) is 0 Å². The second-order valence-corrected chi connectivity index (χ2v) is 4.30. The van der Waals surface area contributed by atoms with E-state index in [2.05, 4.69) is 36.5 Å². The van der Waals surface area contributed by atoms with Crippen molar-refractivity contribution in [2.75, 3.05) is 19.0 Å². The van der Waals surface area contributed by atoms with Crippen LogP contribution < -0.4 is 10.1 Å². The molecule has 94 valence electrons. The molecular formula is C16H19NO. The number of methoxy groups -OCH3 is 1. The van der Waals surface area contributed by atoms with Crippen LogP contribution in [0.25, 0.3) is 0 Å². The number of ether oxygens (including phenoxy) is 1. The van der Waals surface area contributed by atoms with Crippen molar-refractivity contribution in [3.63, 3.8) is 0 Å². The molecule has 0 spiro atoms. The summed E-state index contributed by atoms with van der Waals surface area (Å²) >= 11 is 0. The van der Waals surface area contributed by atoms with Crippen molar-refractivity contribution in [3.05, 3.63) is 59.7 Å². The Morgan fingerprint density at radius 2 is 1.72 bits per heavy atom.